The third-order valence-corrected chi connectivity index (χ3v) is 4.87. The van der Waals surface area contributed by atoms with Crippen molar-refractivity contribution in [1.82, 2.24) is 4.57 Å². The van der Waals surface area contributed by atoms with E-state index in [0.29, 0.717) is 20.4 Å². The quantitative estimate of drug-likeness (QED) is 0.655. The zero-order valence-corrected chi connectivity index (χ0v) is 14.0. The molecule has 0 aliphatic carbocycles. The van der Waals surface area contributed by atoms with Crippen molar-refractivity contribution < 1.29 is 4.79 Å². The topological polar surface area (TPSA) is 34.4 Å². The van der Waals surface area contributed by atoms with Crippen LogP contribution in [0.2, 0.25) is 10.0 Å². The molecule has 22 heavy (non-hydrogen) atoms. The number of halogens is 2. The van der Waals surface area contributed by atoms with Crippen LogP contribution in [0.1, 0.15) is 17.3 Å². The van der Waals surface area contributed by atoms with Gasteiger partial charge in [0.05, 0.1) is 20.8 Å². The molecule has 6 heteroatoms. The summed E-state index contributed by atoms with van der Waals surface area (Å²) in [6, 6.07) is 12.6. The van der Waals surface area contributed by atoms with Gasteiger partial charge < -0.3 is 4.57 Å². The van der Waals surface area contributed by atoms with Gasteiger partial charge in [0, 0.05) is 11.6 Å². The van der Waals surface area contributed by atoms with Crippen molar-refractivity contribution >= 4 is 50.7 Å². The van der Waals surface area contributed by atoms with E-state index < -0.39 is 0 Å². The summed E-state index contributed by atoms with van der Waals surface area (Å²) in [5, 5.41) is 1.07. The van der Waals surface area contributed by atoms with Gasteiger partial charge in [-0.05, 0) is 37.3 Å². The van der Waals surface area contributed by atoms with E-state index in [4.69, 9.17) is 23.2 Å². The van der Waals surface area contributed by atoms with Crippen LogP contribution in [0.15, 0.2) is 47.5 Å². The number of fused-ring (bicyclic) bond motifs is 1. The van der Waals surface area contributed by atoms with Gasteiger partial charge in [0.15, 0.2) is 4.80 Å². The third kappa shape index (κ3) is 2.82. The first kappa shape index (κ1) is 15.3. The molecule has 3 nitrogen and oxygen atoms in total. The van der Waals surface area contributed by atoms with E-state index in [0.717, 1.165) is 16.8 Å². The van der Waals surface area contributed by atoms with E-state index >= 15 is 0 Å². The number of hydrogen-bond acceptors (Lipinski definition) is 2. The number of rotatable bonds is 2. The van der Waals surface area contributed by atoms with Crippen LogP contribution in [-0.4, -0.2) is 10.5 Å². The number of hydrogen-bond donors (Lipinski definition) is 0. The Morgan fingerprint density at radius 2 is 2.00 bits per heavy atom. The van der Waals surface area contributed by atoms with Crippen molar-refractivity contribution in [2.24, 2.45) is 4.99 Å². The number of carbonyl (C=O) groups excluding carboxylic acids is 1. The van der Waals surface area contributed by atoms with Crippen molar-refractivity contribution in [2.75, 3.05) is 0 Å². The number of aryl methyl sites for hydroxylation is 1. The van der Waals surface area contributed by atoms with Crippen LogP contribution < -0.4 is 4.80 Å². The summed E-state index contributed by atoms with van der Waals surface area (Å²) in [4.78, 5) is 17.2. The van der Waals surface area contributed by atoms with Crippen LogP contribution in [0.25, 0.3) is 10.2 Å². The lowest BCUT2D eigenvalue weighted by Crippen LogP contribution is -2.16. The summed E-state index contributed by atoms with van der Waals surface area (Å²) in [5.41, 5.74) is 1.42. The molecule has 0 unspecified atom stereocenters. The number of benzene rings is 2. The maximum Gasteiger partial charge on any atom is 0.281 e. The monoisotopic (exact) mass is 350 g/mol. The first-order valence-corrected chi connectivity index (χ1v) is 8.30. The molecule has 0 N–H and O–H groups in total. The Morgan fingerprint density at radius 1 is 1.23 bits per heavy atom. The van der Waals surface area contributed by atoms with Gasteiger partial charge in [-0.3, -0.25) is 4.79 Å². The van der Waals surface area contributed by atoms with Crippen LogP contribution in [0.4, 0.5) is 0 Å². The first-order chi connectivity index (χ1) is 10.6. The average molecular weight is 351 g/mol. The van der Waals surface area contributed by atoms with Gasteiger partial charge in [0.1, 0.15) is 0 Å². The second-order valence-corrected chi connectivity index (χ2v) is 6.49. The van der Waals surface area contributed by atoms with Gasteiger partial charge in [-0.1, -0.05) is 46.7 Å². The third-order valence-electron chi connectivity index (χ3n) is 3.26. The smallest absolute Gasteiger partial charge is 0.281 e. The number of amides is 1. The van der Waals surface area contributed by atoms with E-state index in [9.17, 15) is 4.79 Å². The Hall–Kier alpha value is -1.62. The maximum atomic E-state index is 12.4. The second kappa shape index (κ2) is 6.24. The molecule has 3 rings (SSSR count). The summed E-state index contributed by atoms with van der Waals surface area (Å²) in [7, 11) is 0. The summed E-state index contributed by atoms with van der Waals surface area (Å²) in [5.74, 6) is -0.342. The molecule has 0 saturated carbocycles. The molecule has 0 saturated heterocycles. The molecule has 2 aromatic carbocycles. The van der Waals surface area contributed by atoms with E-state index in [1.807, 2.05) is 29.7 Å². The van der Waals surface area contributed by atoms with Crippen LogP contribution in [0.3, 0.4) is 0 Å². The fourth-order valence-corrected chi connectivity index (χ4v) is 3.80. The van der Waals surface area contributed by atoms with Crippen molar-refractivity contribution in [3.8, 4) is 0 Å². The summed E-state index contributed by atoms with van der Waals surface area (Å²) in [6.07, 6.45) is 0. The fourth-order valence-electron chi connectivity index (χ4n) is 2.22. The molecule has 0 aliphatic heterocycles. The average Bonchev–Trinajstić information content (AvgIpc) is 2.83. The predicted octanol–water partition coefficient (Wildman–Crippen LogP) is 4.77. The molecule has 112 valence electrons. The lowest BCUT2D eigenvalue weighted by atomic mass is 10.2. The van der Waals surface area contributed by atoms with Gasteiger partial charge in [-0.15, -0.1) is 0 Å². The Morgan fingerprint density at radius 3 is 2.73 bits per heavy atom. The largest absolute Gasteiger partial charge is 0.317 e. The minimum atomic E-state index is -0.342. The molecule has 0 spiro atoms. The zero-order chi connectivity index (χ0) is 15.7. The molecular weight excluding hydrogens is 339 g/mol. The van der Waals surface area contributed by atoms with Crippen molar-refractivity contribution in [3.63, 3.8) is 0 Å². The number of carbonyl (C=O) groups is 1. The highest BCUT2D eigenvalue weighted by atomic mass is 35.5. The van der Waals surface area contributed by atoms with E-state index in [1.165, 1.54) is 11.3 Å². The van der Waals surface area contributed by atoms with Gasteiger partial charge in [0.2, 0.25) is 0 Å². The van der Waals surface area contributed by atoms with Gasteiger partial charge >= 0.3 is 0 Å². The highest BCUT2D eigenvalue weighted by Crippen LogP contribution is 2.22. The first-order valence-electron chi connectivity index (χ1n) is 6.72. The van der Waals surface area contributed by atoms with Crippen molar-refractivity contribution in [2.45, 2.75) is 13.5 Å². The van der Waals surface area contributed by atoms with Crippen molar-refractivity contribution in [1.29, 1.82) is 0 Å². The second-order valence-electron chi connectivity index (χ2n) is 4.64. The molecular formula is C16H12Cl2N2OS. The summed E-state index contributed by atoms with van der Waals surface area (Å²) in [6.45, 7) is 2.73. The molecule has 0 fully saturated rings. The number of nitrogens with zero attached hydrogens (tertiary/aromatic N) is 2. The lowest BCUT2D eigenvalue weighted by Gasteiger charge is -2.01. The Balaban J connectivity index is 2.17. The highest BCUT2D eigenvalue weighted by Gasteiger charge is 2.11. The Bertz CT molecular complexity index is 927. The Kier molecular flexibility index (Phi) is 4.34. The standard InChI is InChI=1S/C16H12Cl2N2OS/c1-2-20-13-8-7-10(17)9-14(13)22-16(20)19-15(21)11-5-3-4-6-12(11)18/h3-9H,2H2,1H3. The van der Waals surface area contributed by atoms with Crippen LogP contribution in [-0.2, 0) is 6.54 Å². The maximum absolute atomic E-state index is 12.4. The molecule has 1 heterocycles. The van der Waals surface area contributed by atoms with E-state index in [-0.39, 0.29) is 5.91 Å². The number of thiazole rings is 1. The minimum Gasteiger partial charge on any atom is -0.317 e. The molecule has 3 aromatic rings. The lowest BCUT2D eigenvalue weighted by molar-refractivity contribution is 0.0998. The molecule has 1 aromatic heterocycles. The highest BCUT2D eigenvalue weighted by molar-refractivity contribution is 7.16. The van der Waals surface area contributed by atoms with Gasteiger partial charge in [-0.2, -0.15) is 4.99 Å². The molecule has 0 aliphatic rings. The summed E-state index contributed by atoms with van der Waals surface area (Å²) < 4.78 is 2.99. The van der Waals surface area contributed by atoms with Gasteiger partial charge in [0.25, 0.3) is 5.91 Å². The number of aromatic nitrogens is 1. The molecule has 0 bridgehead atoms. The predicted molar refractivity (Wildman–Crippen MR) is 91.8 cm³/mol. The van der Waals surface area contributed by atoms with E-state index in [2.05, 4.69) is 4.99 Å². The van der Waals surface area contributed by atoms with Crippen molar-refractivity contribution in [3.05, 3.63) is 62.9 Å². The summed E-state index contributed by atoms with van der Waals surface area (Å²) >= 11 is 13.5. The van der Waals surface area contributed by atoms with Crippen LogP contribution in [0.5, 0.6) is 0 Å². The molecule has 0 atom stereocenters. The van der Waals surface area contributed by atoms with Crippen LogP contribution >= 0.6 is 34.5 Å². The van der Waals surface area contributed by atoms with Crippen LogP contribution in [0, 0.1) is 0 Å². The minimum absolute atomic E-state index is 0.342. The van der Waals surface area contributed by atoms with E-state index in [1.54, 1.807) is 24.3 Å². The fraction of sp³-hybridized carbons (Fsp3) is 0.125. The SMILES string of the molecule is CCn1c(=NC(=O)c2ccccc2Cl)sc2cc(Cl)ccc21. The molecule has 1 amide bonds. The normalized spacial score (nSPS) is 12.0. The molecule has 0 radical (unpaired) electrons. The zero-order valence-electron chi connectivity index (χ0n) is 11.7. The van der Waals surface area contributed by atoms with Gasteiger partial charge in [-0.25, -0.2) is 0 Å². The Labute approximate surface area is 141 Å².